The topological polar surface area (TPSA) is 61.4 Å². The van der Waals surface area contributed by atoms with Crippen LogP contribution in [0.2, 0.25) is 0 Å². The molecule has 0 saturated carbocycles. The van der Waals surface area contributed by atoms with E-state index in [4.69, 9.17) is 0 Å². The number of carbonyl (C=O) groups is 2. The average Bonchev–Trinajstić information content (AvgIpc) is 2.67. The Morgan fingerprint density at radius 2 is 1.61 bits per heavy atom. The van der Waals surface area contributed by atoms with E-state index in [0.29, 0.717) is 24.3 Å². The summed E-state index contributed by atoms with van der Waals surface area (Å²) in [6.45, 7) is 4.81. The first kappa shape index (κ1) is 21.3. The van der Waals surface area contributed by atoms with E-state index in [1.165, 1.54) is 12.1 Å². The van der Waals surface area contributed by atoms with E-state index < -0.39 is 17.6 Å². The van der Waals surface area contributed by atoms with Crippen LogP contribution < -0.4 is 10.6 Å². The Labute approximate surface area is 161 Å². The van der Waals surface area contributed by atoms with E-state index in [2.05, 4.69) is 10.6 Å². The predicted octanol–water partition coefficient (Wildman–Crippen LogP) is 4.24. The van der Waals surface area contributed by atoms with Crippen LogP contribution in [0.5, 0.6) is 0 Å². The first-order chi connectivity index (χ1) is 13.2. The number of nitrogens with one attached hydrogen (secondary N) is 2. The molecule has 0 heterocycles. The summed E-state index contributed by atoms with van der Waals surface area (Å²) in [5.74, 6) is -0.505. The Hall–Kier alpha value is -3.03. The number of alkyl halides is 3. The lowest BCUT2D eigenvalue weighted by molar-refractivity contribution is -0.137. The van der Waals surface area contributed by atoms with Crippen molar-refractivity contribution in [1.82, 2.24) is 4.90 Å². The van der Waals surface area contributed by atoms with Crippen molar-refractivity contribution < 1.29 is 22.8 Å². The molecule has 0 saturated heterocycles. The standard InChI is InChI=1S/C20H22F3N3O2/c1-3-26(4-2)19(28)14-8-10-16(11-9-14)25-18(27)13-24-17-7-5-6-15(12-17)20(21,22)23/h5-12,24H,3-4,13H2,1-2H3,(H,25,27). The number of hydrogen-bond donors (Lipinski definition) is 2. The van der Waals surface area contributed by atoms with Gasteiger partial charge in [-0.1, -0.05) is 6.07 Å². The minimum absolute atomic E-state index is 0.0888. The molecule has 0 aliphatic carbocycles. The Bertz CT molecular complexity index is 816. The lowest BCUT2D eigenvalue weighted by Crippen LogP contribution is -2.30. The molecule has 2 N–H and O–H groups in total. The lowest BCUT2D eigenvalue weighted by atomic mass is 10.1. The van der Waals surface area contributed by atoms with Gasteiger partial charge in [-0.25, -0.2) is 0 Å². The summed E-state index contributed by atoms with van der Waals surface area (Å²) >= 11 is 0. The zero-order chi connectivity index (χ0) is 20.7. The molecule has 0 unspecified atom stereocenters. The van der Waals surface area contributed by atoms with Crippen molar-refractivity contribution in [3.63, 3.8) is 0 Å². The van der Waals surface area contributed by atoms with Crippen LogP contribution >= 0.6 is 0 Å². The fourth-order valence-electron chi connectivity index (χ4n) is 2.58. The van der Waals surface area contributed by atoms with E-state index in [-0.39, 0.29) is 18.1 Å². The first-order valence-corrected chi connectivity index (χ1v) is 8.85. The summed E-state index contributed by atoms with van der Waals surface area (Å²) in [7, 11) is 0. The molecule has 150 valence electrons. The molecular formula is C20H22F3N3O2. The van der Waals surface area contributed by atoms with Gasteiger partial charge in [0.25, 0.3) is 5.91 Å². The second kappa shape index (κ2) is 9.25. The van der Waals surface area contributed by atoms with Crippen molar-refractivity contribution in [2.75, 3.05) is 30.3 Å². The number of amides is 2. The largest absolute Gasteiger partial charge is 0.416 e. The summed E-state index contributed by atoms with van der Waals surface area (Å²) in [5.41, 5.74) is 0.423. The number of rotatable bonds is 7. The molecule has 2 aromatic carbocycles. The van der Waals surface area contributed by atoms with Crippen LogP contribution in [0, 0.1) is 0 Å². The van der Waals surface area contributed by atoms with Crippen LogP contribution in [-0.2, 0) is 11.0 Å². The van der Waals surface area contributed by atoms with Gasteiger partial charge in [0.05, 0.1) is 12.1 Å². The third kappa shape index (κ3) is 5.73. The lowest BCUT2D eigenvalue weighted by Gasteiger charge is -2.18. The van der Waals surface area contributed by atoms with Gasteiger partial charge in [0, 0.05) is 30.0 Å². The number of halogens is 3. The molecule has 0 atom stereocenters. The smallest absolute Gasteiger partial charge is 0.376 e. The van der Waals surface area contributed by atoms with Gasteiger partial charge in [0.15, 0.2) is 0 Å². The van der Waals surface area contributed by atoms with E-state index in [9.17, 15) is 22.8 Å². The monoisotopic (exact) mass is 393 g/mol. The molecule has 2 rings (SSSR count). The van der Waals surface area contributed by atoms with Gasteiger partial charge >= 0.3 is 6.18 Å². The van der Waals surface area contributed by atoms with Gasteiger partial charge < -0.3 is 15.5 Å². The molecule has 0 bridgehead atoms. The Balaban J connectivity index is 1.92. The Morgan fingerprint density at radius 1 is 0.964 bits per heavy atom. The molecular weight excluding hydrogens is 371 g/mol. The molecule has 0 aliphatic heterocycles. The molecule has 0 aromatic heterocycles. The predicted molar refractivity (Wildman–Crippen MR) is 102 cm³/mol. The highest BCUT2D eigenvalue weighted by Gasteiger charge is 2.30. The van der Waals surface area contributed by atoms with Crippen LogP contribution in [0.1, 0.15) is 29.8 Å². The number of carbonyl (C=O) groups excluding carboxylic acids is 2. The van der Waals surface area contributed by atoms with Gasteiger partial charge in [-0.15, -0.1) is 0 Å². The zero-order valence-corrected chi connectivity index (χ0v) is 15.6. The number of anilines is 2. The van der Waals surface area contributed by atoms with Gasteiger partial charge in [-0.05, 0) is 56.3 Å². The van der Waals surface area contributed by atoms with Gasteiger partial charge in [-0.2, -0.15) is 13.2 Å². The van der Waals surface area contributed by atoms with Crippen LogP contribution in [-0.4, -0.2) is 36.3 Å². The normalized spacial score (nSPS) is 11.0. The summed E-state index contributed by atoms with van der Waals surface area (Å²) in [6.07, 6.45) is -4.44. The van der Waals surface area contributed by atoms with Gasteiger partial charge in [0.1, 0.15) is 0 Å². The second-order valence-corrected chi connectivity index (χ2v) is 6.04. The minimum atomic E-state index is -4.44. The van der Waals surface area contributed by atoms with Crippen LogP contribution in [0.25, 0.3) is 0 Å². The number of benzene rings is 2. The number of hydrogen-bond acceptors (Lipinski definition) is 3. The fourth-order valence-corrected chi connectivity index (χ4v) is 2.58. The summed E-state index contributed by atoms with van der Waals surface area (Å²) < 4.78 is 38.1. The van der Waals surface area contributed by atoms with E-state index in [0.717, 1.165) is 12.1 Å². The van der Waals surface area contributed by atoms with Crippen molar-refractivity contribution in [3.05, 3.63) is 59.7 Å². The molecule has 8 heteroatoms. The van der Waals surface area contributed by atoms with Crippen molar-refractivity contribution in [3.8, 4) is 0 Å². The maximum atomic E-state index is 12.7. The van der Waals surface area contributed by atoms with Crippen molar-refractivity contribution in [1.29, 1.82) is 0 Å². The average molecular weight is 393 g/mol. The summed E-state index contributed by atoms with van der Waals surface area (Å²) in [6, 6.07) is 11.1. The van der Waals surface area contributed by atoms with Crippen LogP contribution in [0.15, 0.2) is 48.5 Å². The quantitative estimate of drug-likeness (QED) is 0.740. The molecule has 28 heavy (non-hydrogen) atoms. The molecule has 0 radical (unpaired) electrons. The van der Waals surface area contributed by atoms with Gasteiger partial charge in [-0.3, -0.25) is 9.59 Å². The van der Waals surface area contributed by atoms with Crippen molar-refractivity contribution >= 4 is 23.2 Å². The highest BCUT2D eigenvalue weighted by molar-refractivity contribution is 5.96. The Morgan fingerprint density at radius 3 is 2.18 bits per heavy atom. The molecule has 5 nitrogen and oxygen atoms in total. The highest BCUT2D eigenvalue weighted by atomic mass is 19.4. The summed E-state index contributed by atoms with van der Waals surface area (Å²) in [4.78, 5) is 25.9. The van der Waals surface area contributed by atoms with E-state index in [1.807, 2.05) is 13.8 Å². The molecule has 2 amide bonds. The van der Waals surface area contributed by atoms with Crippen molar-refractivity contribution in [2.24, 2.45) is 0 Å². The van der Waals surface area contributed by atoms with E-state index in [1.54, 1.807) is 29.2 Å². The van der Waals surface area contributed by atoms with Gasteiger partial charge in [0.2, 0.25) is 5.91 Å². The molecule has 2 aromatic rings. The summed E-state index contributed by atoms with van der Waals surface area (Å²) in [5, 5.41) is 5.30. The third-order valence-corrected chi connectivity index (χ3v) is 4.11. The first-order valence-electron chi connectivity index (χ1n) is 8.85. The molecule has 0 spiro atoms. The zero-order valence-electron chi connectivity index (χ0n) is 15.6. The maximum absolute atomic E-state index is 12.7. The second-order valence-electron chi connectivity index (χ2n) is 6.04. The van der Waals surface area contributed by atoms with E-state index >= 15 is 0 Å². The fraction of sp³-hybridized carbons (Fsp3) is 0.300. The minimum Gasteiger partial charge on any atom is -0.376 e. The van der Waals surface area contributed by atoms with Crippen LogP contribution in [0.3, 0.4) is 0 Å². The van der Waals surface area contributed by atoms with Crippen molar-refractivity contribution in [2.45, 2.75) is 20.0 Å². The third-order valence-electron chi connectivity index (χ3n) is 4.11. The number of nitrogens with zero attached hydrogens (tertiary/aromatic N) is 1. The molecule has 0 aliphatic rings. The highest BCUT2D eigenvalue weighted by Crippen LogP contribution is 2.30. The SMILES string of the molecule is CCN(CC)C(=O)c1ccc(NC(=O)CNc2cccc(C(F)(F)F)c2)cc1. The Kier molecular flexibility index (Phi) is 7.03. The maximum Gasteiger partial charge on any atom is 0.416 e. The van der Waals surface area contributed by atoms with Crippen LogP contribution in [0.4, 0.5) is 24.5 Å². The molecule has 0 fully saturated rings.